The molecule has 1 heterocycles. The molecule has 1 amide bonds. The van der Waals surface area contributed by atoms with Crippen LogP contribution in [-0.4, -0.2) is 10.9 Å². The first-order chi connectivity index (χ1) is 8.66. The van der Waals surface area contributed by atoms with Gasteiger partial charge in [-0.1, -0.05) is 32.0 Å². The van der Waals surface area contributed by atoms with Crippen LogP contribution < -0.4 is 5.32 Å². The lowest BCUT2D eigenvalue weighted by Crippen LogP contribution is -2.16. The molecule has 2 rings (SSSR count). The summed E-state index contributed by atoms with van der Waals surface area (Å²) in [4.78, 5) is 15.8. The number of benzene rings is 1. The summed E-state index contributed by atoms with van der Waals surface area (Å²) in [6, 6.07) is 7.83. The van der Waals surface area contributed by atoms with E-state index in [-0.39, 0.29) is 12.3 Å². The molecular weight excluding hydrogens is 228 g/mol. The average Bonchev–Trinajstić information content (AvgIpc) is 2.82. The fourth-order valence-electron chi connectivity index (χ4n) is 1.80. The second kappa shape index (κ2) is 5.49. The van der Waals surface area contributed by atoms with E-state index in [1.807, 2.05) is 24.3 Å². The molecule has 0 atom stereocenters. The van der Waals surface area contributed by atoms with Crippen LogP contribution in [0.5, 0.6) is 0 Å². The maximum atomic E-state index is 11.9. The number of hydrogen-bond acceptors (Lipinski definition) is 3. The molecule has 1 N–H and O–H groups in total. The summed E-state index contributed by atoms with van der Waals surface area (Å²) in [5.74, 6) is 0.283. The van der Waals surface area contributed by atoms with E-state index in [1.54, 1.807) is 0 Å². The summed E-state index contributed by atoms with van der Waals surface area (Å²) < 4.78 is 4.84. The Balaban J connectivity index is 2.07. The molecule has 0 bridgehead atoms. The van der Waals surface area contributed by atoms with Crippen LogP contribution in [0.1, 0.15) is 31.0 Å². The highest BCUT2D eigenvalue weighted by Gasteiger charge is 2.10. The molecule has 0 spiro atoms. The monoisotopic (exact) mass is 244 g/mol. The molecule has 0 saturated carbocycles. The topological polar surface area (TPSA) is 55.1 Å². The number of rotatable bonds is 4. The van der Waals surface area contributed by atoms with Gasteiger partial charge in [0.2, 0.25) is 5.91 Å². The molecule has 4 heteroatoms. The number of carbonyl (C=O) groups excluding carboxylic acids is 1. The quantitative estimate of drug-likeness (QED) is 0.899. The van der Waals surface area contributed by atoms with Gasteiger partial charge >= 0.3 is 0 Å². The van der Waals surface area contributed by atoms with Crippen LogP contribution >= 0.6 is 0 Å². The number of carbonyl (C=O) groups is 1. The molecule has 1 aromatic carbocycles. The van der Waals surface area contributed by atoms with E-state index in [1.165, 1.54) is 12.7 Å². The van der Waals surface area contributed by atoms with Crippen molar-refractivity contribution in [1.82, 2.24) is 4.98 Å². The van der Waals surface area contributed by atoms with Gasteiger partial charge in [0, 0.05) is 5.69 Å². The normalized spacial score (nSPS) is 10.6. The summed E-state index contributed by atoms with van der Waals surface area (Å²) in [5.41, 5.74) is 2.63. The Morgan fingerprint density at radius 3 is 2.83 bits per heavy atom. The number of aromatic nitrogens is 1. The minimum atomic E-state index is -0.0861. The highest BCUT2D eigenvalue weighted by molar-refractivity contribution is 5.92. The number of hydrogen-bond donors (Lipinski definition) is 1. The van der Waals surface area contributed by atoms with Crippen molar-refractivity contribution in [2.75, 3.05) is 5.32 Å². The van der Waals surface area contributed by atoms with Crippen molar-refractivity contribution in [3.05, 3.63) is 48.2 Å². The van der Waals surface area contributed by atoms with Gasteiger partial charge in [0.05, 0.1) is 12.1 Å². The lowest BCUT2D eigenvalue weighted by atomic mass is 10.0. The molecule has 0 radical (unpaired) electrons. The van der Waals surface area contributed by atoms with Crippen LogP contribution in [0.2, 0.25) is 0 Å². The number of nitrogens with one attached hydrogen (secondary N) is 1. The molecule has 2 aromatic rings. The molecule has 0 aliphatic carbocycles. The third kappa shape index (κ3) is 2.97. The number of para-hydroxylation sites is 1. The smallest absolute Gasteiger partial charge is 0.230 e. The predicted molar refractivity (Wildman–Crippen MR) is 69.4 cm³/mol. The molecule has 0 aliphatic rings. The standard InChI is InChI=1S/C14H16N2O2/c1-10(2)12-5-3-4-6-13(12)16-14(17)7-11-8-18-9-15-11/h3-6,8-10H,7H2,1-2H3,(H,16,17). The first-order valence-corrected chi connectivity index (χ1v) is 5.92. The van der Waals surface area contributed by atoms with Crippen molar-refractivity contribution in [2.45, 2.75) is 26.2 Å². The summed E-state index contributed by atoms with van der Waals surface area (Å²) in [6.45, 7) is 4.20. The maximum absolute atomic E-state index is 11.9. The Bertz CT molecular complexity index is 518. The zero-order valence-corrected chi connectivity index (χ0v) is 10.5. The first-order valence-electron chi connectivity index (χ1n) is 5.92. The molecule has 94 valence electrons. The SMILES string of the molecule is CC(C)c1ccccc1NC(=O)Cc1cocn1. The van der Waals surface area contributed by atoms with Gasteiger partial charge in [-0.3, -0.25) is 4.79 Å². The van der Waals surface area contributed by atoms with Crippen molar-refractivity contribution in [2.24, 2.45) is 0 Å². The van der Waals surface area contributed by atoms with Gasteiger partial charge in [-0.15, -0.1) is 0 Å². The van der Waals surface area contributed by atoms with Gasteiger partial charge in [-0.2, -0.15) is 0 Å². The zero-order chi connectivity index (χ0) is 13.0. The van der Waals surface area contributed by atoms with E-state index in [4.69, 9.17) is 4.42 Å². The second-order valence-corrected chi connectivity index (χ2v) is 4.45. The van der Waals surface area contributed by atoms with Gasteiger partial charge < -0.3 is 9.73 Å². The second-order valence-electron chi connectivity index (χ2n) is 4.45. The Kier molecular flexibility index (Phi) is 3.77. The van der Waals surface area contributed by atoms with Crippen LogP contribution in [-0.2, 0) is 11.2 Å². The van der Waals surface area contributed by atoms with Crippen molar-refractivity contribution in [3.63, 3.8) is 0 Å². The molecule has 4 nitrogen and oxygen atoms in total. The summed E-state index contributed by atoms with van der Waals surface area (Å²) in [7, 11) is 0. The van der Waals surface area contributed by atoms with E-state index in [2.05, 4.69) is 24.1 Å². The van der Waals surface area contributed by atoms with Gasteiger partial charge in [-0.25, -0.2) is 4.98 Å². The Morgan fingerprint density at radius 1 is 1.39 bits per heavy atom. The van der Waals surface area contributed by atoms with Gasteiger partial charge in [0.1, 0.15) is 6.26 Å². The predicted octanol–water partition coefficient (Wildman–Crippen LogP) is 2.98. The molecule has 0 aliphatic heterocycles. The minimum Gasteiger partial charge on any atom is -0.451 e. The van der Waals surface area contributed by atoms with Crippen LogP contribution in [0.3, 0.4) is 0 Å². The Morgan fingerprint density at radius 2 is 2.17 bits per heavy atom. The highest BCUT2D eigenvalue weighted by atomic mass is 16.3. The summed E-state index contributed by atoms with van der Waals surface area (Å²) in [6.07, 6.45) is 3.03. The summed E-state index contributed by atoms with van der Waals surface area (Å²) in [5, 5.41) is 2.91. The Labute approximate surface area is 106 Å². The largest absolute Gasteiger partial charge is 0.451 e. The molecule has 18 heavy (non-hydrogen) atoms. The van der Waals surface area contributed by atoms with E-state index in [0.29, 0.717) is 11.6 Å². The van der Waals surface area contributed by atoms with Crippen LogP contribution in [0, 0.1) is 0 Å². The van der Waals surface area contributed by atoms with Crippen LogP contribution in [0.4, 0.5) is 5.69 Å². The fraction of sp³-hybridized carbons (Fsp3) is 0.286. The van der Waals surface area contributed by atoms with Crippen molar-refractivity contribution in [3.8, 4) is 0 Å². The Hall–Kier alpha value is -2.10. The maximum Gasteiger partial charge on any atom is 0.230 e. The number of anilines is 1. The minimum absolute atomic E-state index is 0.0861. The molecule has 1 aromatic heterocycles. The van der Waals surface area contributed by atoms with Crippen molar-refractivity contribution >= 4 is 11.6 Å². The molecular formula is C14H16N2O2. The summed E-state index contributed by atoms with van der Waals surface area (Å²) >= 11 is 0. The van der Waals surface area contributed by atoms with Gasteiger partial charge in [-0.05, 0) is 17.5 Å². The van der Waals surface area contributed by atoms with Crippen LogP contribution in [0.25, 0.3) is 0 Å². The molecule has 0 unspecified atom stereocenters. The van der Waals surface area contributed by atoms with Crippen molar-refractivity contribution in [1.29, 1.82) is 0 Å². The zero-order valence-electron chi connectivity index (χ0n) is 10.5. The lowest BCUT2D eigenvalue weighted by molar-refractivity contribution is -0.115. The molecule has 0 fully saturated rings. The van der Waals surface area contributed by atoms with E-state index >= 15 is 0 Å². The number of amides is 1. The fourth-order valence-corrected chi connectivity index (χ4v) is 1.80. The highest BCUT2D eigenvalue weighted by Crippen LogP contribution is 2.23. The lowest BCUT2D eigenvalue weighted by Gasteiger charge is -2.13. The van der Waals surface area contributed by atoms with Crippen molar-refractivity contribution < 1.29 is 9.21 Å². The first kappa shape index (κ1) is 12.4. The molecule has 0 saturated heterocycles. The van der Waals surface area contributed by atoms with E-state index in [0.717, 1.165) is 11.3 Å². The van der Waals surface area contributed by atoms with Gasteiger partial charge in [0.15, 0.2) is 6.39 Å². The number of nitrogens with zero attached hydrogens (tertiary/aromatic N) is 1. The van der Waals surface area contributed by atoms with Gasteiger partial charge in [0.25, 0.3) is 0 Å². The number of oxazole rings is 1. The third-order valence-electron chi connectivity index (χ3n) is 2.68. The third-order valence-corrected chi connectivity index (χ3v) is 2.68. The van der Waals surface area contributed by atoms with E-state index in [9.17, 15) is 4.79 Å². The van der Waals surface area contributed by atoms with Crippen LogP contribution in [0.15, 0.2) is 41.3 Å². The van der Waals surface area contributed by atoms with E-state index < -0.39 is 0 Å². The average molecular weight is 244 g/mol.